The highest BCUT2D eigenvalue weighted by Crippen LogP contribution is 2.26. The molecule has 1 atom stereocenters. The molecule has 0 aliphatic heterocycles. The third-order valence-corrected chi connectivity index (χ3v) is 3.70. The van der Waals surface area contributed by atoms with E-state index in [2.05, 4.69) is 15.9 Å². The average Bonchev–Trinajstić information content (AvgIpc) is 2.81. The van der Waals surface area contributed by atoms with Crippen molar-refractivity contribution in [3.8, 4) is 0 Å². The molecule has 1 aromatic heterocycles. The number of furan rings is 1. The zero-order valence-corrected chi connectivity index (χ0v) is 12.2. The zero-order valence-electron chi connectivity index (χ0n) is 10.6. The molecule has 0 spiro atoms. The van der Waals surface area contributed by atoms with Gasteiger partial charge in [-0.1, -0.05) is 28.1 Å². The molecule has 102 valence electrons. The van der Waals surface area contributed by atoms with E-state index in [-0.39, 0.29) is 11.9 Å². The van der Waals surface area contributed by atoms with Crippen LogP contribution in [-0.4, -0.2) is 0 Å². The number of fused-ring (bicyclic) bond motifs is 1. The van der Waals surface area contributed by atoms with Gasteiger partial charge in [-0.15, -0.1) is 0 Å². The third kappa shape index (κ3) is 2.76. The maximum atomic E-state index is 13.2. The summed E-state index contributed by atoms with van der Waals surface area (Å²) in [4.78, 5) is 0. The fourth-order valence-corrected chi connectivity index (χ4v) is 2.68. The molecule has 2 nitrogen and oxygen atoms in total. The lowest BCUT2D eigenvalue weighted by molar-refractivity contribution is 0.493. The van der Waals surface area contributed by atoms with E-state index in [4.69, 9.17) is 10.2 Å². The second-order valence-electron chi connectivity index (χ2n) is 4.77. The molecule has 0 aliphatic rings. The summed E-state index contributed by atoms with van der Waals surface area (Å²) in [7, 11) is 0. The minimum atomic E-state index is -0.273. The molecule has 0 amide bonds. The molecule has 2 aromatic carbocycles. The fraction of sp³-hybridized carbons (Fsp3) is 0.125. The van der Waals surface area contributed by atoms with Crippen LogP contribution in [0.3, 0.4) is 0 Å². The van der Waals surface area contributed by atoms with Crippen molar-refractivity contribution >= 4 is 26.9 Å². The van der Waals surface area contributed by atoms with Crippen LogP contribution in [0.5, 0.6) is 0 Å². The molecular weight excluding hydrogens is 321 g/mol. The van der Waals surface area contributed by atoms with Gasteiger partial charge in [-0.3, -0.25) is 0 Å². The first-order valence-corrected chi connectivity index (χ1v) is 7.10. The summed E-state index contributed by atoms with van der Waals surface area (Å²) < 4.78 is 19.9. The number of hydrogen-bond acceptors (Lipinski definition) is 2. The average molecular weight is 334 g/mol. The number of halogens is 2. The molecule has 2 N–H and O–H groups in total. The first-order valence-electron chi connectivity index (χ1n) is 6.31. The summed E-state index contributed by atoms with van der Waals surface area (Å²) >= 11 is 3.44. The van der Waals surface area contributed by atoms with Crippen LogP contribution >= 0.6 is 15.9 Å². The van der Waals surface area contributed by atoms with Crippen LogP contribution in [0.1, 0.15) is 17.4 Å². The summed E-state index contributed by atoms with van der Waals surface area (Å²) in [5.41, 5.74) is 7.96. The number of benzene rings is 2. The molecule has 0 bridgehead atoms. The summed E-state index contributed by atoms with van der Waals surface area (Å²) in [5, 5.41) is 0.740. The first-order chi connectivity index (χ1) is 9.61. The van der Waals surface area contributed by atoms with E-state index in [1.54, 1.807) is 12.1 Å². The van der Waals surface area contributed by atoms with Gasteiger partial charge in [-0.25, -0.2) is 4.39 Å². The van der Waals surface area contributed by atoms with Crippen LogP contribution < -0.4 is 5.73 Å². The molecule has 0 aliphatic carbocycles. The van der Waals surface area contributed by atoms with Crippen LogP contribution in [-0.2, 0) is 6.42 Å². The number of nitrogens with two attached hydrogens (primary N) is 1. The van der Waals surface area contributed by atoms with Gasteiger partial charge in [0, 0.05) is 9.86 Å². The Hall–Kier alpha value is -1.65. The Kier molecular flexibility index (Phi) is 3.59. The van der Waals surface area contributed by atoms with Crippen molar-refractivity contribution in [2.24, 2.45) is 5.73 Å². The van der Waals surface area contributed by atoms with Crippen molar-refractivity contribution in [1.82, 2.24) is 0 Å². The van der Waals surface area contributed by atoms with Gasteiger partial charge in [0.2, 0.25) is 0 Å². The standard InChI is InChI=1S/C16H13BrFNO/c17-12-3-1-2-10(6-12)7-14(19)16-9-11-8-13(18)4-5-15(11)20-16/h1-6,8-9,14H,7,19H2. The monoisotopic (exact) mass is 333 g/mol. The smallest absolute Gasteiger partial charge is 0.134 e. The second-order valence-corrected chi connectivity index (χ2v) is 5.69. The largest absolute Gasteiger partial charge is 0.459 e. The summed E-state index contributed by atoms with van der Waals surface area (Å²) in [5.74, 6) is 0.399. The summed E-state index contributed by atoms with van der Waals surface area (Å²) in [6.45, 7) is 0. The van der Waals surface area contributed by atoms with Crippen molar-refractivity contribution in [2.45, 2.75) is 12.5 Å². The summed E-state index contributed by atoms with van der Waals surface area (Å²) in [6.07, 6.45) is 0.668. The van der Waals surface area contributed by atoms with Crippen LogP contribution in [0.4, 0.5) is 4.39 Å². The third-order valence-electron chi connectivity index (χ3n) is 3.21. The number of hydrogen-bond donors (Lipinski definition) is 1. The first kappa shape index (κ1) is 13.3. The van der Waals surface area contributed by atoms with E-state index in [1.165, 1.54) is 12.1 Å². The number of rotatable bonds is 3. The van der Waals surface area contributed by atoms with Crippen LogP contribution in [0, 0.1) is 5.82 Å². The molecule has 0 radical (unpaired) electrons. The molecule has 1 unspecified atom stereocenters. The predicted molar refractivity (Wildman–Crippen MR) is 80.9 cm³/mol. The molecule has 20 heavy (non-hydrogen) atoms. The lowest BCUT2D eigenvalue weighted by atomic mass is 10.0. The van der Waals surface area contributed by atoms with Crippen LogP contribution in [0.15, 0.2) is 57.4 Å². The topological polar surface area (TPSA) is 39.2 Å². The van der Waals surface area contributed by atoms with Crippen molar-refractivity contribution in [1.29, 1.82) is 0 Å². The van der Waals surface area contributed by atoms with Gasteiger partial charge in [0.15, 0.2) is 0 Å². The van der Waals surface area contributed by atoms with Crippen molar-refractivity contribution < 1.29 is 8.81 Å². The normalized spacial score (nSPS) is 12.8. The van der Waals surface area contributed by atoms with Gasteiger partial charge >= 0.3 is 0 Å². The Bertz CT molecular complexity index is 753. The minimum absolute atomic E-state index is 0.250. The van der Waals surface area contributed by atoms with E-state index < -0.39 is 0 Å². The van der Waals surface area contributed by atoms with Crippen LogP contribution in [0.2, 0.25) is 0 Å². The molecule has 0 fully saturated rings. The Morgan fingerprint density at radius 2 is 2.00 bits per heavy atom. The Morgan fingerprint density at radius 3 is 2.80 bits per heavy atom. The molecule has 0 saturated carbocycles. The SMILES string of the molecule is NC(Cc1cccc(Br)c1)c1cc2cc(F)ccc2o1. The molecular formula is C16H13BrFNO. The maximum absolute atomic E-state index is 13.2. The van der Waals surface area contributed by atoms with Gasteiger partial charge in [0.25, 0.3) is 0 Å². The highest BCUT2D eigenvalue weighted by Gasteiger charge is 2.13. The maximum Gasteiger partial charge on any atom is 0.134 e. The van der Waals surface area contributed by atoms with E-state index in [9.17, 15) is 4.39 Å². The summed E-state index contributed by atoms with van der Waals surface area (Å²) in [6, 6.07) is 14.0. The minimum Gasteiger partial charge on any atom is -0.459 e. The van der Waals surface area contributed by atoms with E-state index in [1.807, 2.05) is 24.3 Å². The van der Waals surface area contributed by atoms with Gasteiger partial charge in [0.05, 0.1) is 6.04 Å². The Labute approximate surface area is 124 Å². The van der Waals surface area contributed by atoms with Gasteiger partial charge in [-0.2, -0.15) is 0 Å². The quantitative estimate of drug-likeness (QED) is 0.762. The second kappa shape index (κ2) is 5.38. The predicted octanol–water partition coefficient (Wildman–Crippen LogP) is 4.58. The van der Waals surface area contributed by atoms with Gasteiger partial charge in [0.1, 0.15) is 17.2 Å². The molecule has 3 rings (SSSR count). The van der Waals surface area contributed by atoms with Crippen molar-refractivity contribution in [3.63, 3.8) is 0 Å². The molecule has 4 heteroatoms. The molecule has 3 aromatic rings. The highest BCUT2D eigenvalue weighted by molar-refractivity contribution is 9.10. The zero-order chi connectivity index (χ0) is 14.1. The lowest BCUT2D eigenvalue weighted by Crippen LogP contribution is -2.12. The lowest BCUT2D eigenvalue weighted by Gasteiger charge is -2.08. The molecule has 1 heterocycles. The highest BCUT2D eigenvalue weighted by atomic mass is 79.9. The van der Waals surface area contributed by atoms with E-state index >= 15 is 0 Å². The van der Waals surface area contributed by atoms with E-state index in [0.717, 1.165) is 15.4 Å². The van der Waals surface area contributed by atoms with Gasteiger partial charge < -0.3 is 10.2 Å². The molecule has 0 saturated heterocycles. The van der Waals surface area contributed by atoms with Gasteiger partial charge in [-0.05, 0) is 48.4 Å². The van der Waals surface area contributed by atoms with Crippen LogP contribution in [0.25, 0.3) is 11.0 Å². The van der Waals surface area contributed by atoms with Crippen molar-refractivity contribution in [3.05, 3.63) is 70.1 Å². The fourth-order valence-electron chi connectivity index (χ4n) is 2.24. The van der Waals surface area contributed by atoms with E-state index in [0.29, 0.717) is 17.8 Å². The Balaban J connectivity index is 1.86. The van der Waals surface area contributed by atoms with Crippen molar-refractivity contribution in [2.75, 3.05) is 0 Å². The Morgan fingerprint density at radius 1 is 1.15 bits per heavy atom.